The Morgan fingerprint density at radius 1 is 1.04 bits per heavy atom. The molecule has 0 aromatic heterocycles. The Morgan fingerprint density at radius 2 is 1.75 bits per heavy atom. The second-order valence-corrected chi connectivity index (χ2v) is 6.45. The monoisotopic (exact) mass is 412 g/mol. The second kappa shape index (κ2) is 9.36. The average Bonchev–Trinajstić information content (AvgIpc) is 2.60. The van der Waals surface area contributed by atoms with Crippen LogP contribution in [0.4, 0.5) is 14.5 Å². The topological polar surface area (TPSA) is 76.7 Å². The molecule has 6 nitrogen and oxygen atoms in total. The third-order valence-electron chi connectivity index (χ3n) is 3.54. The number of rotatable bonds is 7. The number of hydrogen-bond acceptors (Lipinski definition) is 4. The minimum Gasteiger partial charge on any atom is -0.493 e. The number of amides is 2. The van der Waals surface area contributed by atoms with Gasteiger partial charge in [0.25, 0.3) is 11.8 Å². The number of carbonyl (C=O) groups is 2. The lowest BCUT2D eigenvalue weighted by atomic mass is 10.1. The fraction of sp³-hybridized carbons (Fsp3) is 0.263. The quantitative estimate of drug-likeness (QED) is 0.709. The largest absolute Gasteiger partial charge is 0.493 e. The number of hydrogen-bond donors (Lipinski definition) is 2. The van der Waals surface area contributed by atoms with Gasteiger partial charge in [0, 0.05) is 16.6 Å². The van der Waals surface area contributed by atoms with Crippen molar-refractivity contribution in [1.29, 1.82) is 0 Å². The van der Waals surface area contributed by atoms with Crippen LogP contribution in [0.3, 0.4) is 0 Å². The highest BCUT2D eigenvalue weighted by molar-refractivity contribution is 6.31. The van der Waals surface area contributed by atoms with Gasteiger partial charge in [0.2, 0.25) is 0 Å². The van der Waals surface area contributed by atoms with Crippen LogP contribution in [0.15, 0.2) is 36.4 Å². The zero-order valence-corrected chi connectivity index (χ0v) is 16.1. The summed E-state index contributed by atoms with van der Waals surface area (Å²) in [6.07, 6.45) is 0. The Morgan fingerprint density at radius 3 is 2.36 bits per heavy atom. The van der Waals surface area contributed by atoms with E-state index in [2.05, 4.69) is 15.4 Å². The molecule has 2 aromatic rings. The van der Waals surface area contributed by atoms with Crippen molar-refractivity contribution in [3.8, 4) is 11.5 Å². The summed E-state index contributed by atoms with van der Waals surface area (Å²) in [6.45, 7) is 0.588. The first-order chi connectivity index (χ1) is 13.2. The van der Waals surface area contributed by atoms with Crippen molar-refractivity contribution >= 4 is 29.1 Å². The van der Waals surface area contributed by atoms with Gasteiger partial charge in [0.1, 0.15) is 0 Å². The highest BCUT2D eigenvalue weighted by Gasteiger charge is 2.18. The fourth-order valence-corrected chi connectivity index (χ4v) is 2.53. The summed E-state index contributed by atoms with van der Waals surface area (Å²) >= 11 is 5.98. The zero-order valence-electron chi connectivity index (χ0n) is 15.4. The summed E-state index contributed by atoms with van der Waals surface area (Å²) in [5.41, 5.74) is 0.562. The predicted octanol–water partition coefficient (Wildman–Crippen LogP) is 4.34. The molecule has 0 aliphatic rings. The van der Waals surface area contributed by atoms with Crippen molar-refractivity contribution in [3.63, 3.8) is 0 Å². The number of nitrogens with one attached hydrogen (secondary N) is 2. The molecule has 0 unspecified atom stereocenters. The number of halogens is 3. The van der Waals surface area contributed by atoms with Gasteiger partial charge in [-0.25, -0.2) is 0 Å². The SMILES string of the molecule is COc1cc(C(=O)Nc2cc(Cl)ccc2C(=O)NC(C)C)ccc1OC(F)F. The van der Waals surface area contributed by atoms with Crippen molar-refractivity contribution < 1.29 is 27.8 Å². The summed E-state index contributed by atoms with van der Waals surface area (Å²) in [5.74, 6) is -1.19. The molecule has 0 radical (unpaired) electrons. The smallest absolute Gasteiger partial charge is 0.387 e. The first-order valence-corrected chi connectivity index (χ1v) is 8.63. The molecule has 150 valence electrons. The van der Waals surface area contributed by atoms with Gasteiger partial charge in [0.15, 0.2) is 11.5 Å². The molecule has 0 atom stereocenters. The van der Waals surface area contributed by atoms with E-state index in [-0.39, 0.29) is 40.3 Å². The minimum absolute atomic E-state index is 0.0307. The number of anilines is 1. The summed E-state index contributed by atoms with van der Waals surface area (Å²) < 4.78 is 34.2. The van der Waals surface area contributed by atoms with Crippen LogP contribution in [-0.4, -0.2) is 31.6 Å². The van der Waals surface area contributed by atoms with Crippen LogP contribution >= 0.6 is 11.6 Å². The van der Waals surface area contributed by atoms with E-state index in [0.29, 0.717) is 5.02 Å². The molecule has 0 saturated heterocycles. The molecule has 0 bridgehead atoms. The van der Waals surface area contributed by atoms with Crippen molar-refractivity contribution in [2.45, 2.75) is 26.5 Å². The summed E-state index contributed by atoms with van der Waals surface area (Å²) in [6, 6.07) is 8.13. The number of ether oxygens (including phenoxy) is 2. The number of benzene rings is 2. The molecule has 0 heterocycles. The van der Waals surface area contributed by atoms with Gasteiger partial charge >= 0.3 is 6.61 Å². The second-order valence-electron chi connectivity index (χ2n) is 6.02. The Balaban J connectivity index is 2.29. The van der Waals surface area contributed by atoms with Crippen molar-refractivity contribution in [2.24, 2.45) is 0 Å². The van der Waals surface area contributed by atoms with Crippen molar-refractivity contribution in [1.82, 2.24) is 5.32 Å². The standard InChI is InChI=1S/C19H19ClF2N2O4/c1-10(2)23-18(26)13-6-5-12(20)9-14(13)24-17(25)11-4-7-15(28-19(21)22)16(8-11)27-3/h4-10,19H,1-3H3,(H,23,26)(H,24,25). The normalized spacial score (nSPS) is 10.7. The predicted molar refractivity (Wildman–Crippen MR) is 102 cm³/mol. The molecular weight excluding hydrogens is 394 g/mol. The summed E-state index contributed by atoms with van der Waals surface area (Å²) in [5, 5.41) is 5.67. The van der Waals surface area contributed by atoms with Crippen molar-refractivity contribution in [2.75, 3.05) is 12.4 Å². The number of methoxy groups -OCH3 is 1. The van der Waals surface area contributed by atoms with Gasteiger partial charge in [-0.3, -0.25) is 9.59 Å². The highest BCUT2D eigenvalue weighted by Crippen LogP contribution is 2.30. The number of carbonyl (C=O) groups excluding carboxylic acids is 2. The van der Waals surface area contributed by atoms with E-state index in [9.17, 15) is 18.4 Å². The Bertz CT molecular complexity index is 875. The van der Waals surface area contributed by atoms with E-state index < -0.39 is 12.5 Å². The Kier molecular flexibility index (Phi) is 7.17. The maximum atomic E-state index is 12.6. The Hall–Kier alpha value is -2.87. The maximum Gasteiger partial charge on any atom is 0.387 e. The van der Waals surface area contributed by atoms with Crippen LogP contribution in [0, 0.1) is 0 Å². The van der Waals surface area contributed by atoms with Gasteiger partial charge in [0.05, 0.1) is 18.4 Å². The lowest BCUT2D eigenvalue weighted by Gasteiger charge is -2.14. The highest BCUT2D eigenvalue weighted by atomic mass is 35.5. The fourth-order valence-electron chi connectivity index (χ4n) is 2.35. The van der Waals surface area contributed by atoms with Crippen LogP contribution in [0.25, 0.3) is 0 Å². The van der Waals surface area contributed by atoms with E-state index >= 15 is 0 Å². The van der Waals surface area contributed by atoms with E-state index in [1.54, 1.807) is 13.8 Å². The van der Waals surface area contributed by atoms with E-state index in [1.165, 1.54) is 43.5 Å². The molecule has 0 aliphatic heterocycles. The maximum absolute atomic E-state index is 12.6. The molecule has 2 rings (SSSR count). The zero-order chi connectivity index (χ0) is 20.8. The van der Waals surface area contributed by atoms with Crippen LogP contribution in [0.2, 0.25) is 5.02 Å². The molecule has 0 saturated carbocycles. The van der Waals surface area contributed by atoms with Gasteiger partial charge in [-0.15, -0.1) is 0 Å². The molecule has 2 N–H and O–H groups in total. The Labute approximate surface area is 165 Å². The van der Waals surface area contributed by atoms with E-state index in [1.807, 2.05) is 0 Å². The molecule has 2 aromatic carbocycles. The summed E-state index contributed by atoms with van der Waals surface area (Å²) in [7, 11) is 1.26. The summed E-state index contributed by atoms with van der Waals surface area (Å²) in [4.78, 5) is 24.9. The lowest BCUT2D eigenvalue weighted by Crippen LogP contribution is -2.31. The van der Waals surface area contributed by atoms with Crippen LogP contribution in [-0.2, 0) is 0 Å². The van der Waals surface area contributed by atoms with Crippen molar-refractivity contribution in [3.05, 3.63) is 52.5 Å². The van der Waals surface area contributed by atoms with Gasteiger partial charge in [-0.05, 0) is 50.2 Å². The molecular formula is C19H19ClF2N2O4. The van der Waals surface area contributed by atoms with Gasteiger partial charge in [-0.1, -0.05) is 11.6 Å². The average molecular weight is 413 g/mol. The lowest BCUT2D eigenvalue weighted by molar-refractivity contribution is -0.0512. The molecule has 0 spiro atoms. The van der Waals surface area contributed by atoms with Crippen LogP contribution in [0.1, 0.15) is 34.6 Å². The first kappa shape index (κ1) is 21.4. The van der Waals surface area contributed by atoms with Crippen LogP contribution in [0.5, 0.6) is 11.5 Å². The van der Waals surface area contributed by atoms with E-state index in [4.69, 9.17) is 16.3 Å². The minimum atomic E-state index is -3.03. The molecule has 28 heavy (non-hydrogen) atoms. The third-order valence-corrected chi connectivity index (χ3v) is 3.77. The first-order valence-electron chi connectivity index (χ1n) is 8.26. The molecule has 0 fully saturated rings. The molecule has 9 heteroatoms. The van der Waals surface area contributed by atoms with Gasteiger partial charge < -0.3 is 20.1 Å². The van der Waals surface area contributed by atoms with Crippen LogP contribution < -0.4 is 20.1 Å². The van der Waals surface area contributed by atoms with E-state index in [0.717, 1.165) is 0 Å². The number of alkyl halides is 2. The molecule has 0 aliphatic carbocycles. The molecule has 2 amide bonds. The van der Waals surface area contributed by atoms with Gasteiger partial charge in [-0.2, -0.15) is 8.78 Å². The third kappa shape index (κ3) is 5.56.